The number of piperidine rings is 1. The molecule has 5 aliphatic rings. The summed E-state index contributed by atoms with van der Waals surface area (Å²) in [4.78, 5) is 37.8. The van der Waals surface area contributed by atoms with Crippen molar-refractivity contribution >= 4 is 11.9 Å². The Morgan fingerprint density at radius 2 is 1.73 bits per heavy atom. The van der Waals surface area contributed by atoms with Gasteiger partial charge in [-0.1, -0.05) is 61.9 Å². The molecular weight excluding hydrogens is 460 g/mol. The number of pyridine rings is 1. The predicted octanol–water partition coefficient (Wildman–Crippen LogP) is 4.92. The second-order valence-electron chi connectivity index (χ2n) is 12.1. The van der Waals surface area contributed by atoms with Crippen molar-refractivity contribution in [2.24, 2.45) is 17.3 Å². The lowest BCUT2D eigenvalue weighted by Crippen LogP contribution is -2.57. The van der Waals surface area contributed by atoms with Gasteiger partial charge in [0.25, 0.3) is 5.91 Å². The number of benzene rings is 1. The van der Waals surface area contributed by atoms with Crippen molar-refractivity contribution in [2.75, 3.05) is 26.2 Å². The lowest BCUT2D eigenvalue weighted by Gasteiger charge is -2.57. The zero-order valence-corrected chi connectivity index (χ0v) is 22.1. The molecule has 3 fully saturated rings. The van der Waals surface area contributed by atoms with E-state index in [1.165, 1.54) is 23.3 Å². The number of likely N-dealkylation sites (tertiary alicyclic amines) is 1. The molecule has 0 N–H and O–H groups in total. The number of carbonyl (C=O) groups excluding carboxylic acids is 2. The van der Waals surface area contributed by atoms with Crippen LogP contribution >= 0.6 is 0 Å². The van der Waals surface area contributed by atoms with Crippen molar-refractivity contribution in [1.29, 1.82) is 0 Å². The SMILES string of the molecule is CC1(C)[C@H]2CC=C(CN3CCC4(CC3)C(=O)N(Cc3cccnc3)C(=O)N4CCc3ccccc3)[C@@H]1C2. The molecule has 1 spiro atoms. The second kappa shape index (κ2) is 9.39. The Morgan fingerprint density at radius 1 is 0.973 bits per heavy atom. The maximum atomic E-state index is 14.0. The van der Waals surface area contributed by atoms with Crippen LogP contribution in [-0.2, 0) is 17.8 Å². The molecule has 1 saturated carbocycles. The van der Waals surface area contributed by atoms with E-state index in [1.807, 2.05) is 35.2 Å². The summed E-state index contributed by atoms with van der Waals surface area (Å²) in [5, 5.41) is 0. The predicted molar refractivity (Wildman–Crippen MR) is 144 cm³/mol. The number of allylic oxidation sites excluding steroid dienone is 1. The van der Waals surface area contributed by atoms with E-state index in [4.69, 9.17) is 0 Å². The Balaban J connectivity index is 1.19. The minimum Gasteiger partial charge on any atom is -0.309 e. The first-order valence-electron chi connectivity index (χ1n) is 13.9. The number of fused-ring (bicyclic) bond motifs is 1. The molecule has 2 aliphatic heterocycles. The number of rotatable bonds is 7. The van der Waals surface area contributed by atoms with Gasteiger partial charge in [-0.3, -0.25) is 19.6 Å². The summed E-state index contributed by atoms with van der Waals surface area (Å²) in [7, 11) is 0. The number of carbonyl (C=O) groups is 2. The molecule has 2 saturated heterocycles. The van der Waals surface area contributed by atoms with Crippen LogP contribution in [-0.4, -0.2) is 63.3 Å². The quantitative estimate of drug-likeness (QED) is 0.402. The molecule has 37 heavy (non-hydrogen) atoms. The number of aromatic nitrogens is 1. The topological polar surface area (TPSA) is 56.8 Å². The van der Waals surface area contributed by atoms with Gasteiger partial charge in [0.1, 0.15) is 5.54 Å². The van der Waals surface area contributed by atoms with Gasteiger partial charge < -0.3 is 4.90 Å². The van der Waals surface area contributed by atoms with Gasteiger partial charge >= 0.3 is 6.03 Å². The molecule has 2 aromatic rings. The average Bonchev–Trinajstić information content (AvgIpc) is 3.10. The number of imide groups is 1. The molecule has 3 aliphatic carbocycles. The number of urea groups is 1. The maximum absolute atomic E-state index is 14.0. The molecule has 0 radical (unpaired) electrons. The number of nitrogens with zero attached hydrogens (tertiary/aromatic N) is 4. The van der Waals surface area contributed by atoms with Crippen LogP contribution in [0.25, 0.3) is 0 Å². The van der Waals surface area contributed by atoms with Crippen molar-refractivity contribution in [3.8, 4) is 0 Å². The fraction of sp³-hybridized carbons (Fsp3) is 0.516. The van der Waals surface area contributed by atoms with Crippen molar-refractivity contribution in [1.82, 2.24) is 19.7 Å². The van der Waals surface area contributed by atoms with Gasteiger partial charge in [0.15, 0.2) is 0 Å². The van der Waals surface area contributed by atoms with Gasteiger partial charge in [-0.25, -0.2) is 4.79 Å². The Bertz CT molecular complexity index is 1180. The summed E-state index contributed by atoms with van der Waals surface area (Å²) >= 11 is 0. The zero-order chi connectivity index (χ0) is 25.6. The monoisotopic (exact) mass is 498 g/mol. The molecule has 2 atom stereocenters. The summed E-state index contributed by atoms with van der Waals surface area (Å²) < 4.78 is 0. The Hall–Kier alpha value is -2.99. The molecule has 2 bridgehead atoms. The molecule has 7 rings (SSSR count). The molecule has 1 aromatic carbocycles. The normalized spacial score (nSPS) is 26.4. The largest absolute Gasteiger partial charge is 0.328 e. The van der Waals surface area contributed by atoms with Gasteiger partial charge in [-0.15, -0.1) is 0 Å². The molecule has 0 unspecified atom stereocenters. The fourth-order valence-corrected chi connectivity index (χ4v) is 7.27. The van der Waals surface area contributed by atoms with Crippen LogP contribution in [0, 0.1) is 17.3 Å². The first-order chi connectivity index (χ1) is 17.9. The van der Waals surface area contributed by atoms with Gasteiger partial charge in [0, 0.05) is 38.6 Å². The third kappa shape index (κ3) is 4.19. The Kier molecular flexibility index (Phi) is 6.18. The molecule has 6 nitrogen and oxygen atoms in total. The zero-order valence-electron chi connectivity index (χ0n) is 22.1. The Morgan fingerprint density at radius 3 is 2.41 bits per heavy atom. The third-order valence-corrected chi connectivity index (χ3v) is 9.82. The minimum atomic E-state index is -0.744. The highest BCUT2D eigenvalue weighted by molar-refractivity contribution is 6.07. The molecule has 6 heteroatoms. The number of hydrogen-bond acceptors (Lipinski definition) is 4. The first-order valence-corrected chi connectivity index (χ1v) is 13.9. The average molecular weight is 499 g/mol. The Labute approximate surface area is 220 Å². The lowest BCUT2D eigenvalue weighted by molar-refractivity contribution is -0.136. The minimum absolute atomic E-state index is 0.0334. The summed E-state index contributed by atoms with van der Waals surface area (Å²) in [6.45, 7) is 8.38. The van der Waals surface area contributed by atoms with E-state index in [-0.39, 0.29) is 18.5 Å². The van der Waals surface area contributed by atoms with E-state index in [2.05, 4.69) is 41.9 Å². The van der Waals surface area contributed by atoms with Crippen molar-refractivity contribution < 1.29 is 9.59 Å². The van der Waals surface area contributed by atoms with E-state index >= 15 is 0 Å². The van der Waals surface area contributed by atoms with Gasteiger partial charge in [-0.05, 0) is 66.5 Å². The van der Waals surface area contributed by atoms with Gasteiger partial charge in [0.05, 0.1) is 6.54 Å². The highest BCUT2D eigenvalue weighted by Crippen LogP contribution is 2.59. The van der Waals surface area contributed by atoms with E-state index < -0.39 is 5.54 Å². The van der Waals surface area contributed by atoms with Crippen LogP contribution < -0.4 is 0 Å². The molecule has 194 valence electrons. The van der Waals surface area contributed by atoms with Crippen LogP contribution in [0.3, 0.4) is 0 Å². The fourth-order valence-electron chi connectivity index (χ4n) is 7.27. The van der Waals surface area contributed by atoms with Crippen LogP contribution in [0.4, 0.5) is 4.79 Å². The molecule has 3 heterocycles. The highest BCUT2D eigenvalue weighted by atomic mass is 16.2. The van der Waals surface area contributed by atoms with E-state index in [0.29, 0.717) is 30.7 Å². The smallest absolute Gasteiger partial charge is 0.309 e. The van der Waals surface area contributed by atoms with Crippen LogP contribution in [0.2, 0.25) is 0 Å². The highest BCUT2D eigenvalue weighted by Gasteiger charge is 2.58. The van der Waals surface area contributed by atoms with E-state index in [9.17, 15) is 9.59 Å². The summed E-state index contributed by atoms with van der Waals surface area (Å²) in [6, 6.07) is 13.9. The van der Waals surface area contributed by atoms with Crippen LogP contribution in [0.15, 0.2) is 66.5 Å². The maximum Gasteiger partial charge on any atom is 0.328 e. The standard InChI is InChI=1S/C31H38N4O2/c1-30(2)26-11-10-25(27(30)19-26)22-33-17-13-31(14-18-33)28(36)34(21-24-9-6-15-32-20-24)29(37)35(31)16-12-23-7-4-3-5-8-23/h3-10,15,20,26-27H,11-14,16-19,21-22H2,1-2H3/t26-,27-/m0/s1. The summed E-state index contributed by atoms with van der Waals surface area (Å²) in [6.07, 6.45) is 10.6. The number of amides is 3. The van der Waals surface area contributed by atoms with Gasteiger partial charge in [-0.2, -0.15) is 0 Å². The van der Waals surface area contributed by atoms with Crippen molar-refractivity contribution in [2.45, 2.75) is 58.0 Å². The van der Waals surface area contributed by atoms with Crippen LogP contribution in [0.5, 0.6) is 0 Å². The van der Waals surface area contributed by atoms with Gasteiger partial charge in [0.2, 0.25) is 0 Å². The van der Waals surface area contributed by atoms with Crippen molar-refractivity contribution in [3.05, 3.63) is 77.6 Å². The van der Waals surface area contributed by atoms with Crippen molar-refractivity contribution in [3.63, 3.8) is 0 Å². The second-order valence-corrected chi connectivity index (χ2v) is 12.1. The third-order valence-electron chi connectivity index (χ3n) is 9.82. The summed E-state index contributed by atoms with van der Waals surface area (Å²) in [5.41, 5.74) is 3.35. The number of hydrogen-bond donors (Lipinski definition) is 0. The molecule has 1 aromatic heterocycles. The first kappa shape index (κ1) is 24.4. The molecule has 3 amide bonds. The van der Waals surface area contributed by atoms with E-state index in [0.717, 1.165) is 37.5 Å². The van der Waals surface area contributed by atoms with E-state index in [1.54, 1.807) is 18.0 Å². The lowest BCUT2D eigenvalue weighted by atomic mass is 9.49. The summed E-state index contributed by atoms with van der Waals surface area (Å²) in [5.74, 6) is 1.51. The molecular formula is C31H38N4O2. The van der Waals surface area contributed by atoms with Crippen LogP contribution in [0.1, 0.15) is 50.7 Å².